The molecule has 2 aromatic rings. The molecule has 0 saturated carbocycles. The van der Waals surface area contributed by atoms with Crippen LogP contribution in [0.1, 0.15) is 39.8 Å². The van der Waals surface area contributed by atoms with E-state index in [-0.39, 0.29) is 0 Å². The van der Waals surface area contributed by atoms with Crippen molar-refractivity contribution in [2.45, 2.75) is 46.7 Å². The van der Waals surface area contributed by atoms with Crippen molar-refractivity contribution in [3.8, 4) is 0 Å². The van der Waals surface area contributed by atoms with Gasteiger partial charge in [-0.15, -0.1) is 0 Å². The Balaban J connectivity index is 2.44. The Kier molecular flexibility index (Phi) is 5.57. The van der Waals surface area contributed by atoms with Crippen molar-refractivity contribution in [1.29, 1.82) is 0 Å². The highest BCUT2D eigenvalue weighted by Crippen LogP contribution is 2.28. The van der Waals surface area contributed by atoms with Crippen molar-refractivity contribution < 1.29 is 0 Å². The molecule has 0 spiro atoms. The van der Waals surface area contributed by atoms with E-state index in [1.807, 2.05) is 0 Å². The summed E-state index contributed by atoms with van der Waals surface area (Å²) in [5.41, 5.74) is 3.50. The van der Waals surface area contributed by atoms with Crippen LogP contribution in [0.4, 0.5) is 5.69 Å². The van der Waals surface area contributed by atoms with Crippen LogP contribution in [-0.2, 0) is 6.54 Å². The predicted octanol–water partition coefficient (Wildman–Crippen LogP) is 3.97. The Morgan fingerprint density at radius 1 is 1.19 bits per heavy atom. The lowest BCUT2D eigenvalue weighted by Crippen LogP contribution is -2.30. The van der Waals surface area contributed by atoms with E-state index < -0.39 is 0 Å². The third-order valence-corrected chi connectivity index (χ3v) is 3.75. The number of rotatable bonds is 7. The Bertz CT molecular complexity index is 578. The van der Waals surface area contributed by atoms with Crippen LogP contribution >= 0.6 is 0 Å². The summed E-state index contributed by atoms with van der Waals surface area (Å²) in [7, 11) is 0. The van der Waals surface area contributed by atoms with Gasteiger partial charge in [0.25, 0.3) is 0 Å². The first-order valence-electron chi connectivity index (χ1n) is 8.03. The summed E-state index contributed by atoms with van der Waals surface area (Å²) in [6, 6.07) is 11.2. The van der Waals surface area contributed by atoms with Gasteiger partial charge in [-0.05, 0) is 45.9 Å². The number of benzene rings is 1. The molecule has 3 nitrogen and oxygen atoms in total. The third kappa shape index (κ3) is 3.73. The number of hydrogen-bond acceptors (Lipinski definition) is 3. The molecule has 1 N–H and O–H groups in total. The van der Waals surface area contributed by atoms with E-state index in [0.29, 0.717) is 6.04 Å². The van der Waals surface area contributed by atoms with Crippen molar-refractivity contribution in [2.24, 2.45) is 0 Å². The molecule has 0 aliphatic rings. The average Bonchev–Trinajstić information content (AvgIpc) is 2.48. The van der Waals surface area contributed by atoms with Gasteiger partial charge in [-0.2, -0.15) is 0 Å². The van der Waals surface area contributed by atoms with E-state index in [1.54, 1.807) is 0 Å². The van der Waals surface area contributed by atoms with E-state index >= 15 is 0 Å². The van der Waals surface area contributed by atoms with Gasteiger partial charge in [0.2, 0.25) is 0 Å². The Labute approximate surface area is 128 Å². The number of fused-ring (bicyclic) bond motifs is 1. The van der Waals surface area contributed by atoms with Crippen molar-refractivity contribution in [3.63, 3.8) is 0 Å². The number of pyridine rings is 1. The summed E-state index contributed by atoms with van der Waals surface area (Å²) in [6.45, 7) is 11.8. The molecular weight excluding hydrogens is 258 g/mol. The van der Waals surface area contributed by atoms with Gasteiger partial charge in [-0.3, -0.25) is 4.98 Å². The molecule has 21 heavy (non-hydrogen) atoms. The molecule has 1 heterocycles. The van der Waals surface area contributed by atoms with Crippen LogP contribution in [0.2, 0.25) is 0 Å². The Morgan fingerprint density at radius 2 is 1.95 bits per heavy atom. The van der Waals surface area contributed by atoms with E-state index in [0.717, 1.165) is 37.3 Å². The topological polar surface area (TPSA) is 28.2 Å². The van der Waals surface area contributed by atoms with Crippen molar-refractivity contribution in [3.05, 3.63) is 36.0 Å². The molecule has 3 heteroatoms. The summed E-state index contributed by atoms with van der Waals surface area (Å²) in [4.78, 5) is 7.23. The summed E-state index contributed by atoms with van der Waals surface area (Å²) in [6.07, 6.45) is 1.15. The number of para-hydroxylation sites is 1. The first-order chi connectivity index (χ1) is 10.2. The Morgan fingerprint density at radius 3 is 2.62 bits per heavy atom. The minimum Gasteiger partial charge on any atom is -0.369 e. The highest BCUT2D eigenvalue weighted by Gasteiger charge is 2.13. The molecule has 1 aromatic heterocycles. The average molecular weight is 285 g/mol. The van der Waals surface area contributed by atoms with Crippen LogP contribution < -0.4 is 10.2 Å². The third-order valence-electron chi connectivity index (χ3n) is 3.75. The predicted molar refractivity (Wildman–Crippen MR) is 91.9 cm³/mol. The molecule has 0 aliphatic heterocycles. The molecule has 0 radical (unpaired) electrons. The second-order valence-electron chi connectivity index (χ2n) is 5.71. The second-order valence-corrected chi connectivity index (χ2v) is 5.71. The van der Waals surface area contributed by atoms with Gasteiger partial charge in [0, 0.05) is 30.2 Å². The van der Waals surface area contributed by atoms with Gasteiger partial charge in [0.15, 0.2) is 0 Å². The van der Waals surface area contributed by atoms with Gasteiger partial charge in [-0.1, -0.05) is 25.1 Å². The number of anilines is 1. The fourth-order valence-corrected chi connectivity index (χ4v) is 2.75. The zero-order valence-corrected chi connectivity index (χ0v) is 13.7. The number of aromatic nitrogens is 1. The van der Waals surface area contributed by atoms with Gasteiger partial charge in [0.05, 0.1) is 11.2 Å². The molecule has 0 fully saturated rings. The highest BCUT2D eigenvalue weighted by molar-refractivity contribution is 5.92. The zero-order valence-electron chi connectivity index (χ0n) is 13.7. The van der Waals surface area contributed by atoms with E-state index in [9.17, 15) is 0 Å². The molecule has 0 saturated heterocycles. The summed E-state index contributed by atoms with van der Waals surface area (Å²) in [5, 5.41) is 4.69. The van der Waals surface area contributed by atoms with Gasteiger partial charge < -0.3 is 10.2 Å². The zero-order chi connectivity index (χ0) is 15.2. The van der Waals surface area contributed by atoms with Crippen molar-refractivity contribution in [1.82, 2.24) is 10.3 Å². The standard InChI is InChI=1S/C18H27N3/c1-5-11-19-13-15-12-18(21(6-2)14(3)4)16-9-7-8-10-17(16)20-15/h7-10,12,14,19H,5-6,11,13H2,1-4H3. The maximum Gasteiger partial charge on any atom is 0.0726 e. The SMILES string of the molecule is CCCNCc1cc(N(CC)C(C)C)c2ccccc2n1. The fraction of sp³-hybridized carbons (Fsp3) is 0.500. The lowest BCUT2D eigenvalue weighted by Gasteiger charge is -2.29. The maximum absolute atomic E-state index is 4.79. The first kappa shape index (κ1) is 15.8. The molecule has 0 atom stereocenters. The summed E-state index contributed by atoms with van der Waals surface area (Å²) in [5.74, 6) is 0. The molecule has 0 bridgehead atoms. The lowest BCUT2D eigenvalue weighted by molar-refractivity contribution is 0.663. The largest absolute Gasteiger partial charge is 0.369 e. The molecule has 0 amide bonds. The number of nitrogens with one attached hydrogen (secondary N) is 1. The number of hydrogen-bond donors (Lipinski definition) is 1. The van der Waals surface area contributed by atoms with E-state index in [1.165, 1.54) is 11.1 Å². The van der Waals surface area contributed by atoms with E-state index in [4.69, 9.17) is 4.98 Å². The normalized spacial score (nSPS) is 11.3. The molecule has 2 rings (SSSR count). The quantitative estimate of drug-likeness (QED) is 0.780. The molecule has 114 valence electrons. The monoisotopic (exact) mass is 285 g/mol. The highest BCUT2D eigenvalue weighted by atomic mass is 15.1. The molecule has 0 aliphatic carbocycles. The van der Waals surface area contributed by atoms with Gasteiger partial charge >= 0.3 is 0 Å². The van der Waals surface area contributed by atoms with Crippen molar-refractivity contribution in [2.75, 3.05) is 18.0 Å². The number of nitrogens with zero attached hydrogens (tertiary/aromatic N) is 2. The van der Waals surface area contributed by atoms with Crippen molar-refractivity contribution >= 4 is 16.6 Å². The lowest BCUT2D eigenvalue weighted by atomic mass is 10.1. The van der Waals surface area contributed by atoms with Crippen LogP contribution in [0, 0.1) is 0 Å². The Hall–Kier alpha value is -1.61. The van der Waals surface area contributed by atoms with Crippen LogP contribution in [0.15, 0.2) is 30.3 Å². The van der Waals surface area contributed by atoms with Crippen LogP contribution in [0.5, 0.6) is 0 Å². The first-order valence-corrected chi connectivity index (χ1v) is 8.03. The van der Waals surface area contributed by atoms with Crippen LogP contribution in [0.25, 0.3) is 10.9 Å². The molecule has 1 aromatic carbocycles. The van der Waals surface area contributed by atoms with Gasteiger partial charge in [0.1, 0.15) is 0 Å². The van der Waals surface area contributed by atoms with Crippen LogP contribution in [-0.4, -0.2) is 24.1 Å². The summed E-state index contributed by atoms with van der Waals surface area (Å²) >= 11 is 0. The second kappa shape index (κ2) is 7.41. The minimum atomic E-state index is 0.484. The minimum absolute atomic E-state index is 0.484. The molecular formula is C18H27N3. The van der Waals surface area contributed by atoms with Gasteiger partial charge in [-0.25, -0.2) is 0 Å². The maximum atomic E-state index is 4.79. The van der Waals surface area contributed by atoms with E-state index in [2.05, 4.69) is 68.2 Å². The smallest absolute Gasteiger partial charge is 0.0726 e. The fourth-order valence-electron chi connectivity index (χ4n) is 2.75. The van der Waals surface area contributed by atoms with Crippen LogP contribution in [0.3, 0.4) is 0 Å². The molecule has 0 unspecified atom stereocenters. The summed E-state index contributed by atoms with van der Waals surface area (Å²) < 4.78 is 0.